The molecule has 7 heavy (non-hydrogen) atoms. The van der Waals surface area contributed by atoms with Gasteiger partial charge in [-0.15, -0.1) is 0 Å². The minimum Gasteiger partial charge on any atom is -0.391 e. The van der Waals surface area contributed by atoms with Crippen LogP contribution in [-0.4, -0.2) is 27.5 Å². The molecule has 0 heterocycles. The maximum atomic E-state index is 8.37. The SMILES string of the molecule is C[S+](CI)CCO. The van der Waals surface area contributed by atoms with Crippen molar-refractivity contribution < 1.29 is 5.11 Å². The Labute approximate surface area is 61.0 Å². The second-order valence-corrected chi connectivity index (χ2v) is 5.38. The van der Waals surface area contributed by atoms with Gasteiger partial charge in [0.2, 0.25) is 0 Å². The van der Waals surface area contributed by atoms with Gasteiger partial charge in [-0.25, -0.2) is 0 Å². The predicted molar refractivity (Wildman–Crippen MR) is 44.1 cm³/mol. The molecule has 0 aromatic rings. The van der Waals surface area contributed by atoms with Gasteiger partial charge in [-0.1, -0.05) is 0 Å². The predicted octanol–water partition coefficient (Wildman–Crippen LogP) is 0.619. The molecule has 0 aliphatic rings. The molecule has 1 nitrogen and oxygen atoms in total. The number of aliphatic hydroxyl groups is 1. The summed E-state index contributed by atoms with van der Waals surface area (Å²) in [7, 11) is 0.460. The molecule has 0 aliphatic heterocycles. The van der Waals surface area contributed by atoms with Crippen LogP contribution >= 0.6 is 22.6 Å². The van der Waals surface area contributed by atoms with Gasteiger partial charge >= 0.3 is 0 Å². The molecule has 1 unspecified atom stereocenters. The summed E-state index contributed by atoms with van der Waals surface area (Å²) in [5.74, 6) is 0.975. The average molecular weight is 233 g/mol. The summed E-state index contributed by atoms with van der Waals surface area (Å²) in [4.78, 5) is 0. The number of alkyl halides is 1. The topological polar surface area (TPSA) is 20.2 Å². The quantitative estimate of drug-likeness (QED) is 0.430. The van der Waals surface area contributed by atoms with E-state index in [2.05, 4.69) is 28.8 Å². The van der Waals surface area contributed by atoms with Crippen molar-refractivity contribution in [3.05, 3.63) is 0 Å². The Bertz CT molecular complexity index is 42.7. The summed E-state index contributed by atoms with van der Waals surface area (Å²) in [6.07, 6.45) is 2.17. The Morgan fingerprint density at radius 1 is 1.71 bits per heavy atom. The highest BCUT2D eigenvalue weighted by Gasteiger charge is 2.04. The molecule has 0 rings (SSSR count). The van der Waals surface area contributed by atoms with Crippen molar-refractivity contribution in [2.24, 2.45) is 0 Å². The summed E-state index contributed by atoms with van der Waals surface area (Å²) in [5.41, 5.74) is 0. The van der Waals surface area contributed by atoms with Crippen LogP contribution in [0.2, 0.25) is 0 Å². The van der Waals surface area contributed by atoms with Crippen LogP contribution in [-0.2, 0) is 10.9 Å². The van der Waals surface area contributed by atoms with Crippen molar-refractivity contribution in [3.8, 4) is 0 Å². The first-order valence-electron chi connectivity index (χ1n) is 2.07. The van der Waals surface area contributed by atoms with Crippen molar-refractivity contribution in [1.29, 1.82) is 0 Å². The van der Waals surface area contributed by atoms with Gasteiger partial charge in [0, 0.05) is 0 Å². The molecule has 44 valence electrons. The van der Waals surface area contributed by atoms with Crippen molar-refractivity contribution >= 4 is 33.5 Å². The highest BCUT2D eigenvalue weighted by Crippen LogP contribution is 1.94. The molecule has 0 bridgehead atoms. The number of hydrogen-bond donors (Lipinski definition) is 1. The molecule has 0 aromatic carbocycles. The maximum Gasteiger partial charge on any atom is 0.157 e. The van der Waals surface area contributed by atoms with Gasteiger partial charge in [-0.05, 0) is 33.5 Å². The molecule has 0 amide bonds. The first-order valence-corrected chi connectivity index (χ1v) is 5.57. The highest BCUT2D eigenvalue weighted by atomic mass is 127. The zero-order valence-electron chi connectivity index (χ0n) is 4.35. The lowest BCUT2D eigenvalue weighted by molar-refractivity contribution is 0.322. The summed E-state index contributed by atoms with van der Waals surface area (Å²) in [6.45, 7) is 0.350. The molecule has 0 radical (unpaired) electrons. The van der Waals surface area contributed by atoms with Gasteiger partial charge in [-0.3, -0.25) is 0 Å². The van der Waals surface area contributed by atoms with Crippen molar-refractivity contribution in [2.75, 3.05) is 22.4 Å². The maximum absolute atomic E-state index is 8.37. The van der Waals surface area contributed by atoms with E-state index in [9.17, 15) is 0 Å². The lowest BCUT2D eigenvalue weighted by atomic mass is 10.9. The van der Waals surface area contributed by atoms with Crippen LogP contribution in [0.4, 0.5) is 0 Å². The molecular weight excluding hydrogens is 223 g/mol. The van der Waals surface area contributed by atoms with Crippen molar-refractivity contribution in [2.45, 2.75) is 0 Å². The molecule has 1 N–H and O–H groups in total. The van der Waals surface area contributed by atoms with Gasteiger partial charge in [0.15, 0.2) is 3.76 Å². The molecule has 0 fully saturated rings. The molecule has 3 heteroatoms. The third kappa shape index (κ3) is 4.90. The average Bonchev–Trinajstić information content (AvgIpc) is 1.68. The van der Waals surface area contributed by atoms with E-state index in [4.69, 9.17) is 5.11 Å². The number of rotatable bonds is 3. The van der Waals surface area contributed by atoms with E-state index in [1.54, 1.807) is 0 Å². The van der Waals surface area contributed by atoms with Crippen LogP contribution < -0.4 is 0 Å². The van der Waals surface area contributed by atoms with E-state index in [0.717, 1.165) is 5.75 Å². The molecule has 0 saturated carbocycles. The first-order chi connectivity index (χ1) is 3.31. The van der Waals surface area contributed by atoms with Crippen LogP contribution in [0.1, 0.15) is 0 Å². The zero-order valence-corrected chi connectivity index (χ0v) is 7.33. The van der Waals surface area contributed by atoms with Crippen LogP contribution in [0.25, 0.3) is 0 Å². The third-order valence-electron chi connectivity index (χ3n) is 0.626. The second-order valence-electron chi connectivity index (χ2n) is 1.32. The van der Waals surface area contributed by atoms with E-state index >= 15 is 0 Å². The van der Waals surface area contributed by atoms with Gasteiger partial charge in [-0.2, -0.15) is 0 Å². The lowest BCUT2D eigenvalue weighted by Gasteiger charge is -1.91. The van der Waals surface area contributed by atoms with Gasteiger partial charge in [0.25, 0.3) is 0 Å². The summed E-state index contributed by atoms with van der Waals surface area (Å²) >= 11 is 2.34. The number of hydrogen-bond acceptors (Lipinski definition) is 1. The van der Waals surface area contributed by atoms with Crippen LogP contribution in [0.5, 0.6) is 0 Å². The Morgan fingerprint density at radius 3 is 2.43 bits per heavy atom. The van der Waals surface area contributed by atoms with E-state index < -0.39 is 0 Å². The number of halogens is 1. The lowest BCUT2D eigenvalue weighted by Crippen LogP contribution is -2.08. The smallest absolute Gasteiger partial charge is 0.157 e. The minimum atomic E-state index is 0.350. The van der Waals surface area contributed by atoms with Crippen LogP contribution in [0.15, 0.2) is 0 Å². The Hall–Kier alpha value is 1.04. The second kappa shape index (κ2) is 5.18. The summed E-state index contributed by atoms with van der Waals surface area (Å²) in [5, 5.41) is 8.37. The summed E-state index contributed by atoms with van der Waals surface area (Å²) in [6, 6.07) is 0. The van der Waals surface area contributed by atoms with Gasteiger partial charge in [0.1, 0.15) is 5.75 Å². The normalized spacial score (nSPS) is 14.1. The standard InChI is InChI=1S/C4H10IOS/c1-7(4-5)3-2-6/h6H,2-4H2,1H3/q+1. The van der Waals surface area contributed by atoms with E-state index in [0.29, 0.717) is 17.5 Å². The number of aliphatic hydroxyl groups excluding tert-OH is 1. The van der Waals surface area contributed by atoms with E-state index in [-0.39, 0.29) is 0 Å². The first kappa shape index (κ1) is 8.04. The summed E-state index contributed by atoms with van der Waals surface area (Å²) < 4.78 is 1.18. The molecule has 1 atom stereocenters. The Morgan fingerprint density at radius 2 is 2.29 bits per heavy atom. The van der Waals surface area contributed by atoms with Crippen molar-refractivity contribution in [3.63, 3.8) is 0 Å². The van der Waals surface area contributed by atoms with Gasteiger partial charge < -0.3 is 5.11 Å². The fourth-order valence-corrected chi connectivity index (χ4v) is 1.57. The van der Waals surface area contributed by atoms with Crippen LogP contribution in [0, 0.1) is 0 Å². The molecular formula is C4H10IOS+. The van der Waals surface area contributed by atoms with Crippen molar-refractivity contribution in [1.82, 2.24) is 0 Å². The van der Waals surface area contributed by atoms with E-state index in [1.165, 1.54) is 3.76 Å². The minimum absolute atomic E-state index is 0.350. The molecule has 0 spiro atoms. The Balaban J connectivity index is 2.83. The van der Waals surface area contributed by atoms with Crippen LogP contribution in [0.3, 0.4) is 0 Å². The Kier molecular flexibility index (Phi) is 5.95. The monoisotopic (exact) mass is 233 g/mol. The highest BCUT2D eigenvalue weighted by molar-refractivity contribution is 14.1. The fraction of sp³-hybridized carbons (Fsp3) is 1.00. The fourth-order valence-electron chi connectivity index (χ4n) is 0.210. The molecule has 0 saturated heterocycles. The van der Waals surface area contributed by atoms with E-state index in [1.807, 2.05) is 0 Å². The third-order valence-corrected chi connectivity index (χ3v) is 5.07. The molecule has 0 aromatic heterocycles. The molecule has 0 aliphatic carbocycles. The zero-order chi connectivity index (χ0) is 5.70. The van der Waals surface area contributed by atoms with Gasteiger partial charge in [0.05, 0.1) is 12.9 Å². The largest absolute Gasteiger partial charge is 0.391 e.